The van der Waals surface area contributed by atoms with Crippen molar-refractivity contribution in [2.45, 2.75) is 39.9 Å². The van der Waals surface area contributed by atoms with Gasteiger partial charge in [-0.1, -0.05) is 11.8 Å². The van der Waals surface area contributed by atoms with Crippen molar-refractivity contribution in [1.82, 2.24) is 4.48 Å². The minimum atomic E-state index is -4.09. The Balaban J connectivity index is 1.52. The molecule has 0 spiro atoms. The summed E-state index contributed by atoms with van der Waals surface area (Å²) >= 11 is 0. The molecule has 3 aliphatic rings. The molecule has 0 saturated carbocycles. The largest absolute Gasteiger partial charge is 0.737 e. The summed E-state index contributed by atoms with van der Waals surface area (Å²) in [7, 11) is -3.31. The summed E-state index contributed by atoms with van der Waals surface area (Å²) in [5.74, 6) is 5.69. The van der Waals surface area contributed by atoms with E-state index in [0.717, 1.165) is 8.96 Å². The molecule has 0 N–H and O–H groups in total. The molecular formula is C29H25BF2N2O4S. The average molecular weight is 546 g/mol. The number of sulfone groups is 1. The number of aryl methyl sites for hydroxylation is 2. The number of benzene rings is 1. The average Bonchev–Trinajstić information content (AvgIpc) is 3.31. The fourth-order valence-electron chi connectivity index (χ4n) is 5.93. The van der Waals surface area contributed by atoms with Crippen LogP contribution in [0.3, 0.4) is 0 Å². The summed E-state index contributed by atoms with van der Waals surface area (Å²) in [5, 5.41) is 0.555. The lowest BCUT2D eigenvalue weighted by molar-refractivity contribution is -0.363. The van der Waals surface area contributed by atoms with Crippen molar-refractivity contribution >= 4 is 45.1 Å². The molecule has 0 amide bonds. The second-order valence-electron chi connectivity index (χ2n) is 10.4. The number of halogens is 2. The van der Waals surface area contributed by atoms with Crippen molar-refractivity contribution in [1.29, 1.82) is 0 Å². The first kappa shape index (κ1) is 25.3. The van der Waals surface area contributed by atoms with Crippen LogP contribution in [0.1, 0.15) is 53.9 Å². The van der Waals surface area contributed by atoms with E-state index in [1.54, 1.807) is 70.2 Å². The molecule has 0 aliphatic carbocycles. The predicted molar refractivity (Wildman–Crippen MR) is 149 cm³/mol. The highest BCUT2D eigenvalue weighted by Gasteiger charge is 2.54. The molecule has 2 aromatic heterocycles. The first-order valence-electron chi connectivity index (χ1n) is 12.6. The van der Waals surface area contributed by atoms with Gasteiger partial charge in [-0.15, -0.1) is 0 Å². The van der Waals surface area contributed by atoms with Gasteiger partial charge in [-0.2, -0.15) is 0 Å². The zero-order chi connectivity index (χ0) is 27.9. The predicted octanol–water partition coefficient (Wildman–Crippen LogP) is 4.98. The quantitative estimate of drug-likeness (QED) is 0.259. The molecule has 10 heteroatoms. The highest BCUT2D eigenvalue weighted by atomic mass is 32.2. The molecule has 6 rings (SSSR count). The Morgan fingerprint density at radius 2 is 1.87 bits per heavy atom. The summed E-state index contributed by atoms with van der Waals surface area (Å²) in [5.41, 5.74) is 4.75. The van der Waals surface area contributed by atoms with E-state index in [1.807, 2.05) is 0 Å². The number of fused-ring (bicyclic) bond motifs is 4. The molecule has 0 unspecified atom stereocenters. The monoisotopic (exact) mass is 546 g/mol. The second kappa shape index (κ2) is 8.52. The number of rotatable bonds is 2. The van der Waals surface area contributed by atoms with Crippen LogP contribution in [0.25, 0.3) is 22.6 Å². The topological polar surface area (TPSA) is 72.3 Å². The van der Waals surface area contributed by atoms with E-state index in [4.69, 9.17) is 4.42 Å². The molecule has 198 valence electrons. The van der Waals surface area contributed by atoms with Gasteiger partial charge in [0.25, 0.3) is 0 Å². The van der Waals surface area contributed by atoms with Crippen LogP contribution in [0.5, 0.6) is 0 Å². The van der Waals surface area contributed by atoms with Crippen molar-refractivity contribution in [2.24, 2.45) is 0 Å². The van der Waals surface area contributed by atoms with Crippen molar-refractivity contribution < 1.29 is 26.0 Å². The standard InChI is InChI=1S/C29H25BF2N2O4S/c1-17-11-19(3)33-27(17)25(28-18(2)12-20(4)34(28)30(33,31)32)9-8-22-13-23-14-24-16-39(36,37)10-6-5-7-21(24)15-26(23)38-29(22)35/h8-9,11-15H,6,10,16H2,1-4H3/b9-8+. The van der Waals surface area contributed by atoms with Crippen molar-refractivity contribution in [2.75, 3.05) is 5.75 Å². The lowest BCUT2D eigenvalue weighted by Crippen LogP contribution is -2.51. The molecule has 0 bridgehead atoms. The van der Waals surface area contributed by atoms with Gasteiger partial charge in [0.1, 0.15) is 11.3 Å². The van der Waals surface area contributed by atoms with Gasteiger partial charge in [0.15, 0.2) is 15.5 Å². The number of nitrogens with zero attached hydrogens (tertiary/aromatic N) is 2. The third-order valence-corrected chi connectivity index (χ3v) is 9.10. The Bertz CT molecular complexity index is 2000. The molecule has 3 aliphatic heterocycles. The minimum Gasteiger partial charge on any atom is -0.422 e. The van der Waals surface area contributed by atoms with Gasteiger partial charge in [0, 0.05) is 41.6 Å². The lowest BCUT2D eigenvalue weighted by Gasteiger charge is -2.33. The maximum Gasteiger partial charge on any atom is 0.737 e. The fourth-order valence-corrected chi connectivity index (χ4v) is 7.20. The van der Waals surface area contributed by atoms with Crippen molar-refractivity contribution in [3.63, 3.8) is 0 Å². The molecule has 0 saturated heterocycles. The van der Waals surface area contributed by atoms with E-state index in [9.17, 15) is 13.2 Å². The van der Waals surface area contributed by atoms with Crippen LogP contribution in [0, 0.1) is 25.7 Å². The third-order valence-electron chi connectivity index (χ3n) is 7.52. The molecule has 0 radical (unpaired) electrons. The Morgan fingerprint density at radius 1 is 1.10 bits per heavy atom. The Labute approximate surface area is 224 Å². The van der Waals surface area contributed by atoms with Crippen molar-refractivity contribution in [3.05, 3.63) is 91.7 Å². The van der Waals surface area contributed by atoms with Gasteiger partial charge >= 0.3 is 12.6 Å². The molecule has 3 aromatic rings. The molecular weight excluding hydrogens is 521 g/mol. The fraction of sp³-hybridized carbons (Fsp3) is 0.241. The SMILES string of the molecule is CC1=CC(C)=[N+]2C1=C(/C=C/c1cc3cc4c(cc3oc1=O)C#CCCS(=O)(=O)C4)c1c(C)cc(C)n1[B-]2(F)F. The minimum absolute atomic E-state index is 0.00445. The smallest absolute Gasteiger partial charge is 0.422 e. The number of hydrogen-bond donors (Lipinski definition) is 0. The first-order valence-corrected chi connectivity index (χ1v) is 14.4. The first-order chi connectivity index (χ1) is 18.4. The zero-order valence-electron chi connectivity index (χ0n) is 21.9. The second-order valence-corrected chi connectivity index (χ2v) is 12.6. The van der Waals surface area contributed by atoms with Crippen LogP contribution < -0.4 is 5.63 Å². The summed E-state index contributed by atoms with van der Waals surface area (Å²) in [6.45, 7) is 2.84. The maximum atomic E-state index is 15.8. The van der Waals surface area contributed by atoms with Crippen LogP contribution in [0.4, 0.5) is 8.63 Å². The Kier molecular flexibility index (Phi) is 5.53. The molecule has 39 heavy (non-hydrogen) atoms. The number of allylic oxidation sites excluding steroid dienone is 4. The molecule has 5 heterocycles. The molecule has 0 fully saturated rings. The lowest BCUT2D eigenvalue weighted by atomic mass is 9.86. The van der Waals surface area contributed by atoms with Crippen LogP contribution in [-0.2, 0) is 15.6 Å². The number of aromatic nitrogens is 1. The maximum absolute atomic E-state index is 15.8. The number of hydrogen-bond acceptors (Lipinski definition) is 4. The van der Waals surface area contributed by atoms with E-state index in [1.165, 1.54) is 0 Å². The van der Waals surface area contributed by atoms with Gasteiger partial charge < -0.3 is 22.0 Å². The van der Waals surface area contributed by atoms with Crippen LogP contribution >= 0.6 is 0 Å². The Morgan fingerprint density at radius 3 is 2.64 bits per heavy atom. The summed E-state index contributed by atoms with van der Waals surface area (Å²) < 4.78 is 64.2. The molecule has 1 aromatic carbocycles. The van der Waals surface area contributed by atoms with E-state index in [0.29, 0.717) is 61.6 Å². The van der Waals surface area contributed by atoms with E-state index >= 15 is 8.63 Å². The zero-order valence-corrected chi connectivity index (χ0v) is 22.7. The van der Waals surface area contributed by atoms with Crippen LogP contribution in [0.15, 0.2) is 56.9 Å². The van der Waals surface area contributed by atoms with Gasteiger partial charge in [0.05, 0.1) is 22.6 Å². The normalized spacial score (nSPS) is 19.3. The van der Waals surface area contributed by atoms with Gasteiger partial charge in [-0.25, -0.2) is 13.2 Å². The van der Waals surface area contributed by atoms with Crippen LogP contribution in [-0.4, -0.2) is 35.8 Å². The highest BCUT2D eigenvalue weighted by Crippen LogP contribution is 2.42. The van der Waals surface area contributed by atoms with Crippen LogP contribution in [0.2, 0.25) is 0 Å². The third kappa shape index (κ3) is 3.95. The summed E-state index contributed by atoms with van der Waals surface area (Å²) in [6, 6.07) is 6.67. The molecule has 0 atom stereocenters. The van der Waals surface area contributed by atoms with E-state index in [2.05, 4.69) is 11.8 Å². The van der Waals surface area contributed by atoms with Gasteiger partial charge in [-0.05, 0) is 74.0 Å². The Hall–Kier alpha value is -3.97. The van der Waals surface area contributed by atoms with Gasteiger partial charge in [0.2, 0.25) is 0 Å². The van der Waals surface area contributed by atoms with E-state index in [-0.39, 0.29) is 23.5 Å². The summed E-state index contributed by atoms with van der Waals surface area (Å²) in [4.78, 5) is 12.9. The molecule has 6 nitrogen and oxygen atoms in total. The van der Waals surface area contributed by atoms with Crippen molar-refractivity contribution in [3.8, 4) is 11.8 Å². The van der Waals surface area contributed by atoms with E-state index < -0.39 is 22.4 Å². The summed E-state index contributed by atoms with van der Waals surface area (Å²) in [6.07, 6.45) is 5.25. The highest BCUT2D eigenvalue weighted by molar-refractivity contribution is 7.90. The van der Waals surface area contributed by atoms with Gasteiger partial charge in [-0.3, -0.25) is 0 Å².